The summed E-state index contributed by atoms with van der Waals surface area (Å²) in [5, 5.41) is 1.40. The molecule has 6 rings (SSSR count). The van der Waals surface area contributed by atoms with Crippen molar-refractivity contribution in [2.75, 3.05) is 13.1 Å². The predicted octanol–water partition coefficient (Wildman–Crippen LogP) is 6.86. The number of piperidine rings is 3. The lowest BCUT2D eigenvalue weighted by Gasteiger charge is -2.49. The third-order valence-corrected chi connectivity index (χ3v) is 7.27. The molecule has 4 heteroatoms. The van der Waals surface area contributed by atoms with Crippen LogP contribution < -0.4 is 0 Å². The monoisotopic (exact) mass is 448 g/mol. The number of rotatable bonds is 5. The molecule has 0 aliphatic carbocycles. The van der Waals surface area contributed by atoms with Crippen LogP contribution in [-0.4, -0.2) is 29.7 Å². The summed E-state index contributed by atoms with van der Waals surface area (Å²) >= 11 is 13.0. The lowest BCUT2D eigenvalue weighted by Crippen LogP contribution is -2.58. The summed E-state index contributed by atoms with van der Waals surface area (Å²) in [4.78, 5) is 7.86. The van der Waals surface area contributed by atoms with Gasteiger partial charge in [0.2, 0.25) is 0 Å². The van der Waals surface area contributed by atoms with Crippen molar-refractivity contribution in [2.24, 2.45) is 10.9 Å². The molecule has 0 N–H and O–H groups in total. The molecule has 2 atom stereocenters. The van der Waals surface area contributed by atoms with Gasteiger partial charge >= 0.3 is 0 Å². The number of halogens is 2. The number of nitrogens with zero attached hydrogens (tertiary/aromatic N) is 2. The minimum Gasteiger partial charge on any atom is -0.294 e. The van der Waals surface area contributed by atoms with Crippen molar-refractivity contribution in [1.82, 2.24) is 4.90 Å². The van der Waals surface area contributed by atoms with Gasteiger partial charge in [0.1, 0.15) is 0 Å². The number of hydrogen-bond donors (Lipinski definition) is 0. The lowest BCUT2D eigenvalue weighted by molar-refractivity contribution is 0.135. The molecule has 3 aromatic carbocycles. The first-order valence-corrected chi connectivity index (χ1v) is 11.8. The Kier molecular flexibility index (Phi) is 6.13. The zero-order valence-corrected chi connectivity index (χ0v) is 18.9. The van der Waals surface area contributed by atoms with Crippen molar-refractivity contribution in [2.45, 2.75) is 31.3 Å². The number of benzene rings is 3. The van der Waals surface area contributed by atoms with Gasteiger partial charge in [-0.1, -0.05) is 89.9 Å². The highest BCUT2D eigenvalue weighted by Gasteiger charge is 2.44. The smallest absolute Gasteiger partial charge is 0.0639 e. The van der Waals surface area contributed by atoms with Crippen LogP contribution in [-0.2, 0) is 6.54 Å². The summed E-state index contributed by atoms with van der Waals surface area (Å²) in [5.41, 5.74) is 4.99. The molecular weight excluding hydrogens is 423 g/mol. The Labute approximate surface area is 194 Å². The van der Waals surface area contributed by atoms with Crippen molar-refractivity contribution in [1.29, 1.82) is 0 Å². The highest BCUT2D eigenvalue weighted by atomic mass is 35.5. The van der Waals surface area contributed by atoms with Crippen LogP contribution in [0.15, 0.2) is 83.9 Å². The second-order valence-corrected chi connectivity index (χ2v) is 9.38. The largest absolute Gasteiger partial charge is 0.294 e. The first-order chi connectivity index (χ1) is 15.2. The molecule has 0 saturated carbocycles. The van der Waals surface area contributed by atoms with Crippen LogP contribution in [0.3, 0.4) is 0 Å². The van der Waals surface area contributed by atoms with Gasteiger partial charge in [-0.3, -0.25) is 9.89 Å². The van der Waals surface area contributed by atoms with E-state index in [9.17, 15) is 0 Å². The summed E-state index contributed by atoms with van der Waals surface area (Å²) in [6, 6.07) is 27.4. The van der Waals surface area contributed by atoms with Crippen LogP contribution in [0, 0.1) is 5.92 Å². The van der Waals surface area contributed by atoms with Crippen molar-refractivity contribution in [3.8, 4) is 0 Å². The molecule has 31 heavy (non-hydrogen) atoms. The van der Waals surface area contributed by atoms with Crippen LogP contribution in [0.2, 0.25) is 10.0 Å². The van der Waals surface area contributed by atoms with Gasteiger partial charge in [-0.25, -0.2) is 0 Å². The molecule has 3 fully saturated rings. The third kappa shape index (κ3) is 4.30. The fraction of sp³-hybridized carbons (Fsp3) is 0.296. The van der Waals surface area contributed by atoms with Crippen molar-refractivity contribution in [3.63, 3.8) is 0 Å². The van der Waals surface area contributed by atoms with Gasteiger partial charge in [0.05, 0.1) is 12.6 Å². The summed E-state index contributed by atoms with van der Waals surface area (Å²) in [6.45, 7) is 2.97. The Hall–Kier alpha value is -2.13. The Bertz CT molecular complexity index is 1060. The maximum absolute atomic E-state index is 6.77. The molecule has 2 unspecified atom stereocenters. The standard InChI is InChI=1S/C27H26Cl2N2/c28-22-11-12-23(24(29)17-22)25(20-9-5-2-6-10-20)27-26(21-13-15-31(27)16-14-21)30-18-19-7-3-1-4-8-19/h1-12,17,21,25,27H,13-16,18H2. The Morgan fingerprint density at radius 2 is 1.55 bits per heavy atom. The Balaban J connectivity index is 1.60. The maximum atomic E-state index is 6.77. The Morgan fingerprint density at radius 1 is 0.871 bits per heavy atom. The van der Waals surface area contributed by atoms with E-state index in [1.807, 2.05) is 12.1 Å². The molecule has 158 valence electrons. The zero-order valence-electron chi connectivity index (χ0n) is 17.4. The molecule has 0 spiro atoms. The number of fused-ring (bicyclic) bond motifs is 3. The molecule has 3 aliphatic heterocycles. The van der Waals surface area contributed by atoms with Gasteiger partial charge in [-0.2, -0.15) is 0 Å². The van der Waals surface area contributed by atoms with Gasteiger partial charge in [-0.15, -0.1) is 0 Å². The SMILES string of the molecule is Clc1ccc(C(c2ccccc2)C2C(=NCc3ccccc3)C3CCN2CC3)c(Cl)c1. The molecule has 0 aromatic heterocycles. The molecular formula is C27H26Cl2N2. The van der Waals surface area contributed by atoms with E-state index in [1.165, 1.54) is 29.7 Å². The summed E-state index contributed by atoms with van der Waals surface area (Å²) in [5.74, 6) is 0.680. The maximum Gasteiger partial charge on any atom is 0.0639 e. The third-order valence-electron chi connectivity index (χ3n) is 6.70. The molecule has 2 nitrogen and oxygen atoms in total. The number of aliphatic imine (C=N–C) groups is 1. The highest BCUT2D eigenvalue weighted by Crippen LogP contribution is 2.42. The summed E-state index contributed by atoms with van der Waals surface area (Å²) in [6.07, 6.45) is 2.39. The molecule has 0 amide bonds. The Morgan fingerprint density at radius 3 is 2.23 bits per heavy atom. The molecule has 2 bridgehead atoms. The first kappa shape index (κ1) is 20.8. The molecule has 3 aliphatic rings. The molecule has 3 aromatic rings. The zero-order chi connectivity index (χ0) is 21.2. The average molecular weight is 449 g/mol. The van der Waals surface area contributed by atoms with E-state index >= 15 is 0 Å². The van der Waals surface area contributed by atoms with Gasteiger partial charge in [0, 0.05) is 27.6 Å². The fourth-order valence-electron chi connectivity index (χ4n) is 5.22. The van der Waals surface area contributed by atoms with Crippen LogP contribution in [0.1, 0.15) is 35.4 Å². The van der Waals surface area contributed by atoms with E-state index in [0.717, 1.165) is 30.2 Å². The average Bonchev–Trinajstić information content (AvgIpc) is 2.82. The molecule has 3 heterocycles. The van der Waals surface area contributed by atoms with Crippen LogP contribution in [0.5, 0.6) is 0 Å². The second-order valence-electron chi connectivity index (χ2n) is 8.54. The van der Waals surface area contributed by atoms with Crippen LogP contribution >= 0.6 is 23.2 Å². The van der Waals surface area contributed by atoms with E-state index in [-0.39, 0.29) is 12.0 Å². The van der Waals surface area contributed by atoms with Crippen molar-refractivity contribution in [3.05, 3.63) is 106 Å². The van der Waals surface area contributed by atoms with Gasteiger partial charge < -0.3 is 0 Å². The molecule has 3 saturated heterocycles. The highest BCUT2D eigenvalue weighted by molar-refractivity contribution is 6.35. The fourth-order valence-corrected chi connectivity index (χ4v) is 5.74. The summed E-state index contributed by atoms with van der Waals surface area (Å²) in [7, 11) is 0. The minimum atomic E-state index is 0.128. The predicted molar refractivity (Wildman–Crippen MR) is 130 cm³/mol. The molecule has 0 radical (unpaired) electrons. The van der Waals surface area contributed by atoms with Gasteiger partial charge in [0.25, 0.3) is 0 Å². The first-order valence-electron chi connectivity index (χ1n) is 11.0. The lowest BCUT2D eigenvalue weighted by atomic mass is 9.72. The van der Waals surface area contributed by atoms with Crippen molar-refractivity contribution >= 4 is 28.9 Å². The van der Waals surface area contributed by atoms with E-state index in [0.29, 0.717) is 10.9 Å². The van der Waals surface area contributed by atoms with E-state index in [1.54, 1.807) is 0 Å². The van der Waals surface area contributed by atoms with E-state index in [2.05, 4.69) is 71.6 Å². The summed E-state index contributed by atoms with van der Waals surface area (Å²) < 4.78 is 0. The normalized spacial score (nSPS) is 25.0. The minimum absolute atomic E-state index is 0.128. The topological polar surface area (TPSA) is 15.6 Å². The van der Waals surface area contributed by atoms with E-state index < -0.39 is 0 Å². The van der Waals surface area contributed by atoms with Gasteiger partial charge in [0.15, 0.2) is 0 Å². The van der Waals surface area contributed by atoms with E-state index in [4.69, 9.17) is 28.2 Å². The van der Waals surface area contributed by atoms with Crippen LogP contribution in [0.25, 0.3) is 0 Å². The quantitative estimate of drug-likeness (QED) is 0.416. The van der Waals surface area contributed by atoms with Crippen LogP contribution in [0.4, 0.5) is 0 Å². The number of hydrogen-bond acceptors (Lipinski definition) is 2. The van der Waals surface area contributed by atoms with Gasteiger partial charge in [-0.05, 0) is 54.8 Å². The second kappa shape index (κ2) is 9.16. The van der Waals surface area contributed by atoms with Crippen molar-refractivity contribution < 1.29 is 0 Å².